The number of carbonyl (C=O) groups excluding carboxylic acids is 5. The van der Waals surface area contributed by atoms with Gasteiger partial charge in [-0.1, -0.05) is 49.0 Å². The van der Waals surface area contributed by atoms with Crippen molar-refractivity contribution >= 4 is 40.8 Å². The SMILES string of the molecule is COC(=O)[C@@H]1CCCN1C(=O)[C@H](C)CSC(=O)CNC(=O)[C@H](Cc1ccccc1)NC(=O)OC(C)(C)C. The lowest BCUT2D eigenvalue weighted by Crippen LogP contribution is -2.50. The lowest BCUT2D eigenvalue weighted by Gasteiger charge is -2.25. The van der Waals surface area contributed by atoms with Crippen molar-refractivity contribution in [2.24, 2.45) is 5.92 Å². The maximum absolute atomic E-state index is 12.9. The van der Waals surface area contributed by atoms with Crippen LogP contribution in [0, 0.1) is 5.92 Å². The molecule has 1 aliphatic heterocycles. The van der Waals surface area contributed by atoms with Gasteiger partial charge in [0.2, 0.25) is 16.9 Å². The Labute approximate surface area is 222 Å². The van der Waals surface area contributed by atoms with Crippen molar-refractivity contribution in [2.45, 2.75) is 64.6 Å². The summed E-state index contributed by atoms with van der Waals surface area (Å²) in [5.41, 5.74) is 0.101. The number of rotatable bonds is 10. The number of alkyl carbamates (subject to hydrolysis) is 1. The predicted octanol–water partition coefficient (Wildman–Crippen LogP) is 2.30. The summed E-state index contributed by atoms with van der Waals surface area (Å²) in [4.78, 5) is 63.8. The Bertz CT molecular complexity index is 965. The van der Waals surface area contributed by atoms with E-state index < -0.39 is 41.6 Å². The van der Waals surface area contributed by atoms with Crippen LogP contribution in [-0.4, -0.2) is 77.5 Å². The van der Waals surface area contributed by atoms with Crippen LogP contribution >= 0.6 is 11.8 Å². The number of likely N-dealkylation sites (tertiary alicyclic amines) is 1. The van der Waals surface area contributed by atoms with E-state index in [9.17, 15) is 24.0 Å². The van der Waals surface area contributed by atoms with E-state index in [1.54, 1.807) is 27.7 Å². The number of esters is 1. The first-order valence-corrected chi connectivity index (χ1v) is 13.2. The van der Waals surface area contributed by atoms with Gasteiger partial charge < -0.3 is 25.0 Å². The van der Waals surface area contributed by atoms with E-state index in [0.717, 1.165) is 23.7 Å². The molecule has 1 aliphatic rings. The average molecular weight is 536 g/mol. The largest absolute Gasteiger partial charge is 0.467 e. The van der Waals surface area contributed by atoms with Gasteiger partial charge in [-0.15, -0.1) is 0 Å². The second kappa shape index (κ2) is 14.0. The average Bonchev–Trinajstić information content (AvgIpc) is 3.34. The first-order valence-electron chi connectivity index (χ1n) is 12.3. The van der Waals surface area contributed by atoms with Gasteiger partial charge in [0.25, 0.3) is 0 Å². The third kappa shape index (κ3) is 10.1. The van der Waals surface area contributed by atoms with Crippen molar-refractivity contribution in [1.29, 1.82) is 0 Å². The summed E-state index contributed by atoms with van der Waals surface area (Å²) in [6, 6.07) is 7.65. The molecule has 1 fully saturated rings. The summed E-state index contributed by atoms with van der Waals surface area (Å²) >= 11 is 0.937. The molecule has 37 heavy (non-hydrogen) atoms. The molecule has 10 nitrogen and oxygen atoms in total. The van der Waals surface area contributed by atoms with Crippen LogP contribution in [0.5, 0.6) is 0 Å². The minimum atomic E-state index is -0.944. The van der Waals surface area contributed by atoms with E-state index in [4.69, 9.17) is 9.47 Å². The molecule has 1 aromatic carbocycles. The highest BCUT2D eigenvalue weighted by atomic mass is 32.2. The van der Waals surface area contributed by atoms with E-state index in [1.807, 2.05) is 30.3 Å². The zero-order chi connectivity index (χ0) is 27.6. The molecule has 1 saturated heterocycles. The molecule has 11 heteroatoms. The van der Waals surface area contributed by atoms with Crippen molar-refractivity contribution in [1.82, 2.24) is 15.5 Å². The summed E-state index contributed by atoms with van der Waals surface area (Å²) in [5, 5.41) is 4.83. The van der Waals surface area contributed by atoms with E-state index >= 15 is 0 Å². The van der Waals surface area contributed by atoms with Gasteiger partial charge in [-0.05, 0) is 39.2 Å². The van der Waals surface area contributed by atoms with Gasteiger partial charge in [-0.25, -0.2) is 9.59 Å². The van der Waals surface area contributed by atoms with Crippen molar-refractivity contribution in [3.63, 3.8) is 0 Å². The summed E-state index contributed by atoms with van der Waals surface area (Å²) in [6.45, 7) is 7.08. The number of thioether (sulfide) groups is 1. The quantitative estimate of drug-likeness (QED) is 0.437. The van der Waals surface area contributed by atoms with Crippen LogP contribution in [0.1, 0.15) is 46.1 Å². The number of hydrogen-bond acceptors (Lipinski definition) is 8. The minimum Gasteiger partial charge on any atom is -0.467 e. The predicted molar refractivity (Wildman–Crippen MR) is 140 cm³/mol. The van der Waals surface area contributed by atoms with E-state index in [2.05, 4.69) is 10.6 Å². The molecule has 0 spiro atoms. The van der Waals surface area contributed by atoms with Crippen LogP contribution in [0.25, 0.3) is 0 Å². The molecule has 0 radical (unpaired) electrons. The summed E-state index contributed by atoms with van der Waals surface area (Å²) < 4.78 is 10.1. The van der Waals surface area contributed by atoms with Gasteiger partial charge in [-0.3, -0.25) is 14.4 Å². The first kappa shape index (κ1) is 30.1. The highest BCUT2D eigenvalue weighted by Crippen LogP contribution is 2.22. The molecular weight excluding hydrogens is 498 g/mol. The molecule has 1 aromatic rings. The van der Waals surface area contributed by atoms with Gasteiger partial charge in [0, 0.05) is 24.6 Å². The van der Waals surface area contributed by atoms with Crippen LogP contribution in [0.3, 0.4) is 0 Å². The number of nitrogens with one attached hydrogen (secondary N) is 2. The molecule has 3 atom stereocenters. The first-order chi connectivity index (χ1) is 17.4. The number of amides is 3. The summed E-state index contributed by atoms with van der Waals surface area (Å²) in [5.74, 6) is -1.45. The number of ether oxygens (including phenoxy) is 2. The number of methoxy groups -OCH3 is 1. The number of benzene rings is 1. The van der Waals surface area contributed by atoms with E-state index in [0.29, 0.717) is 13.0 Å². The van der Waals surface area contributed by atoms with Gasteiger partial charge >= 0.3 is 12.1 Å². The second-order valence-corrected chi connectivity index (χ2v) is 11.0. The van der Waals surface area contributed by atoms with Gasteiger partial charge in [0.05, 0.1) is 13.7 Å². The zero-order valence-electron chi connectivity index (χ0n) is 22.1. The molecule has 0 aliphatic carbocycles. The van der Waals surface area contributed by atoms with Crippen molar-refractivity contribution < 1.29 is 33.4 Å². The van der Waals surface area contributed by atoms with Crippen LogP contribution < -0.4 is 10.6 Å². The second-order valence-electron chi connectivity index (χ2n) is 9.90. The fourth-order valence-corrected chi connectivity index (χ4v) is 4.58. The Morgan fingerprint density at radius 1 is 1.14 bits per heavy atom. The highest BCUT2D eigenvalue weighted by Gasteiger charge is 2.36. The molecule has 0 bridgehead atoms. The Hall–Kier alpha value is -3.08. The lowest BCUT2D eigenvalue weighted by molar-refractivity contribution is -0.151. The topological polar surface area (TPSA) is 131 Å². The van der Waals surface area contributed by atoms with Crippen LogP contribution in [0.15, 0.2) is 30.3 Å². The third-order valence-electron chi connectivity index (χ3n) is 5.62. The molecule has 0 saturated carbocycles. The molecule has 0 aromatic heterocycles. The lowest BCUT2D eigenvalue weighted by atomic mass is 10.1. The Morgan fingerprint density at radius 3 is 2.43 bits per heavy atom. The number of carbonyl (C=O) groups is 5. The minimum absolute atomic E-state index is 0.207. The molecule has 0 unspecified atom stereocenters. The zero-order valence-corrected chi connectivity index (χ0v) is 22.9. The highest BCUT2D eigenvalue weighted by molar-refractivity contribution is 8.13. The summed E-state index contributed by atoms with van der Waals surface area (Å²) in [7, 11) is 1.29. The Morgan fingerprint density at radius 2 is 1.81 bits per heavy atom. The fourth-order valence-electron chi connectivity index (χ4n) is 3.83. The van der Waals surface area contributed by atoms with Gasteiger partial charge in [0.15, 0.2) is 0 Å². The van der Waals surface area contributed by atoms with E-state index in [1.165, 1.54) is 12.0 Å². The molecule has 2 rings (SSSR count). The van der Waals surface area contributed by atoms with Crippen molar-refractivity contribution in [3.8, 4) is 0 Å². The monoisotopic (exact) mass is 535 g/mol. The maximum atomic E-state index is 12.9. The summed E-state index contributed by atoms with van der Waals surface area (Å²) in [6.07, 6.45) is 0.766. The molecule has 204 valence electrons. The van der Waals surface area contributed by atoms with Gasteiger partial charge in [0.1, 0.15) is 17.7 Å². The van der Waals surface area contributed by atoms with Crippen molar-refractivity contribution in [3.05, 3.63) is 35.9 Å². The number of nitrogens with zero attached hydrogens (tertiary/aromatic N) is 1. The molecule has 3 amide bonds. The molecular formula is C26H37N3O7S. The third-order valence-corrected chi connectivity index (χ3v) is 6.76. The normalized spacial score (nSPS) is 16.9. The van der Waals surface area contributed by atoms with Gasteiger partial charge in [-0.2, -0.15) is 0 Å². The Kier molecular flexibility index (Phi) is 11.4. The molecule has 2 N–H and O–H groups in total. The van der Waals surface area contributed by atoms with Crippen LogP contribution in [0.2, 0.25) is 0 Å². The molecule has 1 heterocycles. The van der Waals surface area contributed by atoms with Crippen molar-refractivity contribution in [2.75, 3.05) is 26.0 Å². The maximum Gasteiger partial charge on any atom is 0.408 e. The smallest absolute Gasteiger partial charge is 0.408 e. The fraction of sp³-hybridized carbons (Fsp3) is 0.577. The van der Waals surface area contributed by atoms with E-state index in [-0.39, 0.29) is 29.7 Å². The van der Waals surface area contributed by atoms with Crippen LogP contribution in [0.4, 0.5) is 4.79 Å². The Balaban J connectivity index is 1.88. The standard InChI is InChI=1S/C26H37N3O7S/c1-17(23(32)29-13-9-12-20(29)24(33)35-5)16-37-21(30)15-27-22(31)19(14-18-10-7-6-8-11-18)28-25(34)36-26(2,3)4/h6-8,10-11,17,19-20H,9,12-16H2,1-5H3,(H,27,31)(H,28,34)/t17-,19+,20+/m1/s1. The number of hydrogen-bond donors (Lipinski definition) is 2. The van der Waals surface area contributed by atoms with Crippen LogP contribution in [-0.2, 0) is 35.1 Å².